The molecule has 114 valence electrons. The summed E-state index contributed by atoms with van der Waals surface area (Å²) in [5.41, 5.74) is 1.00. The van der Waals surface area contributed by atoms with E-state index in [-0.39, 0.29) is 5.54 Å². The van der Waals surface area contributed by atoms with Gasteiger partial charge in [0.2, 0.25) is 5.91 Å². The van der Waals surface area contributed by atoms with Crippen molar-refractivity contribution in [2.24, 2.45) is 0 Å². The Labute approximate surface area is 127 Å². The van der Waals surface area contributed by atoms with E-state index in [1.54, 1.807) is 0 Å². The fourth-order valence-corrected chi connectivity index (χ4v) is 3.76. The van der Waals surface area contributed by atoms with Gasteiger partial charge < -0.3 is 10.2 Å². The van der Waals surface area contributed by atoms with E-state index in [1.807, 2.05) is 6.07 Å². The molecule has 1 aromatic carbocycles. The van der Waals surface area contributed by atoms with Gasteiger partial charge in [0, 0.05) is 12.6 Å². The number of nitrogens with zero attached hydrogens (tertiary/aromatic N) is 1. The summed E-state index contributed by atoms with van der Waals surface area (Å²) in [5.74, 6) is 0.320. The van der Waals surface area contributed by atoms with E-state index >= 15 is 0 Å². The summed E-state index contributed by atoms with van der Waals surface area (Å²) < 4.78 is 0. The van der Waals surface area contributed by atoms with Crippen LogP contribution in [0, 0.1) is 0 Å². The number of amides is 1. The van der Waals surface area contributed by atoms with Crippen molar-refractivity contribution in [2.75, 3.05) is 13.1 Å². The third kappa shape index (κ3) is 3.13. The highest BCUT2D eigenvalue weighted by molar-refractivity contribution is 5.86. The molecule has 2 fully saturated rings. The lowest BCUT2D eigenvalue weighted by Crippen LogP contribution is -2.59. The Kier molecular flexibility index (Phi) is 4.29. The summed E-state index contributed by atoms with van der Waals surface area (Å²) in [7, 11) is 0. The van der Waals surface area contributed by atoms with Crippen molar-refractivity contribution in [3.8, 4) is 0 Å². The number of hydrogen-bond donors (Lipinski definition) is 1. The van der Waals surface area contributed by atoms with E-state index in [4.69, 9.17) is 0 Å². The van der Waals surface area contributed by atoms with Crippen molar-refractivity contribution in [1.82, 2.24) is 10.2 Å². The molecule has 2 saturated heterocycles. The van der Waals surface area contributed by atoms with Gasteiger partial charge in [-0.15, -0.1) is 0 Å². The second kappa shape index (κ2) is 6.18. The maximum absolute atomic E-state index is 13.0. The SMILES string of the molecule is CC1(C(=O)N2CCCC2Cc2ccccc2)CCCCN1. The normalized spacial score (nSPS) is 29.6. The number of carbonyl (C=O) groups is 1. The van der Waals surface area contributed by atoms with E-state index < -0.39 is 0 Å². The van der Waals surface area contributed by atoms with Crippen LogP contribution in [-0.4, -0.2) is 35.5 Å². The molecule has 2 aliphatic rings. The monoisotopic (exact) mass is 286 g/mol. The number of likely N-dealkylation sites (tertiary alicyclic amines) is 1. The maximum Gasteiger partial charge on any atom is 0.242 e. The van der Waals surface area contributed by atoms with E-state index in [0.717, 1.165) is 45.2 Å². The molecule has 3 nitrogen and oxygen atoms in total. The number of hydrogen-bond acceptors (Lipinski definition) is 2. The average Bonchev–Trinajstić information content (AvgIpc) is 2.96. The van der Waals surface area contributed by atoms with Crippen molar-refractivity contribution in [1.29, 1.82) is 0 Å². The molecule has 2 heterocycles. The zero-order valence-electron chi connectivity index (χ0n) is 13.0. The topological polar surface area (TPSA) is 32.3 Å². The summed E-state index contributed by atoms with van der Waals surface area (Å²) in [6, 6.07) is 10.9. The molecule has 0 saturated carbocycles. The van der Waals surface area contributed by atoms with Gasteiger partial charge in [-0.05, 0) is 57.6 Å². The Morgan fingerprint density at radius 1 is 1.29 bits per heavy atom. The van der Waals surface area contributed by atoms with Crippen LogP contribution in [0.3, 0.4) is 0 Å². The lowest BCUT2D eigenvalue weighted by Gasteiger charge is -2.38. The van der Waals surface area contributed by atoms with E-state index in [2.05, 4.69) is 41.4 Å². The van der Waals surface area contributed by atoms with Gasteiger partial charge >= 0.3 is 0 Å². The third-order valence-electron chi connectivity index (χ3n) is 5.04. The van der Waals surface area contributed by atoms with Crippen LogP contribution in [0.5, 0.6) is 0 Å². The Morgan fingerprint density at radius 3 is 2.81 bits per heavy atom. The van der Waals surface area contributed by atoms with Crippen molar-refractivity contribution in [3.63, 3.8) is 0 Å². The number of rotatable bonds is 3. The van der Waals surface area contributed by atoms with Gasteiger partial charge in [0.1, 0.15) is 0 Å². The van der Waals surface area contributed by atoms with Crippen molar-refractivity contribution in [2.45, 2.75) is 57.0 Å². The van der Waals surface area contributed by atoms with E-state index in [0.29, 0.717) is 11.9 Å². The number of benzene rings is 1. The molecular formula is C18H26N2O. The molecule has 2 atom stereocenters. The molecule has 1 aromatic rings. The van der Waals surface area contributed by atoms with Gasteiger partial charge in [-0.3, -0.25) is 4.79 Å². The van der Waals surface area contributed by atoms with Crippen LogP contribution in [0.2, 0.25) is 0 Å². The molecular weight excluding hydrogens is 260 g/mol. The number of carbonyl (C=O) groups excluding carboxylic acids is 1. The summed E-state index contributed by atoms with van der Waals surface area (Å²) in [6.07, 6.45) is 6.59. The maximum atomic E-state index is 13.0. The largest absolute Gasteiger partial charge is 0.338 e. The zero-order valence-corrected chi connectivity index (χ0v) is 13.0. The zero-order chi connectivity index (χ0) is 14.7. The molecule has 0 radical (unpaired) electrons. The highest BCUT2D eigenvalue weighted by atomic mass is 16.2. The van der Waals surface area contributed by atoms with Crippen LogP contribution in [0.25, 0.3) is 0 Å². The highest BCUT2D eigenvalue weighted by Gasteiger charge is 2.41. The second-order valence-electron chi connectivity index (χ2n) is 6.70. The first kappa shape index (κ1) is 14.6. The Balaban J connectivity index is 1.70. The lowest BCUT2D eigenvalue weighted by molar-refractivity contribution is -0.139. The van der Waals surface area contributed by atoms with E-state index in [9.17, 15) is 4.79 Å². The van der Waals surface area contributed by atoms with Crippen molar-refractivity contribution in [3.05, 3.63) is 35.9 Å². The minimum Gasteiger partial charge on any atom is -0.338 e. The van der Waals surface area contributed by atoms with Crippen LogP contribution < -0.4 is 5.32 Å². The van der Waals surface area contributed by atoms with Crippen LogP contribution >= 0.6 is 0 Å². The first-order valence-electron chi connectivity index (χ1n) is 8.29. The Hall–Kier alpha value is -1.35. The molecule has 0 bridgehead atoms. The molecule has 1 N–H and O–H groups in total. The Morgan fingerprint density at radius 2 is 2.10 bits per heavy atom. The first-order chi connectivity index (χ1) is 10.2. The molecule has 21 heavy (non-hydrogen) atoms. The molecule has 1 amide bonds. The minimum absolute atomic E-state index is 0.320. The van der Waals surface area contributed by atoms with Crippen molar-refractivity contribution < 1.29 is 4.79 Å². The number of nitrogens with one attached hydrogen (secondary N) is 1. The van der Waals surface area contributed by atoms with Gasteiger partial charge in [0.15, 0.2) is 0 Å². The molecule has 3 heteroatoms. The van der Waals surface area contributed by atoms with Crippen LogP contribution in [0.4, 0.5) is 0 Å². The fraction of sp³-hybridized carbons (Fsp3) is 0.611. The molecule has 0 spiro atoms. The summed E-state index contributed by atoms with van der Waals surface area (Å²) in [6.45, 7) is 3.99. The summed E-state index contributed by atoms with van der Waals surface area (Å²) in [4.78, 5) is 15.1. The van der Waals surface area contributed by atoms with Crippen LogP contribution in [0.15, 0.2) is 30.3 Å². The van der Waals surface area contributed by atoms with E-state index in [1.165, 1.54) is 12.0 Å². The molecule has 2 unspecified atom stereocenters. The third-order valence-corrected chi connectivity index (χ3v) is 5.04. The standard InChI is InChI=1S/C18H26N2O/c1-18(11-5-6-12-19-18)17(21)20-13-7-10-16(20)14-15-8-3-2-4-9-15/h2-4,8-9,16,19H,5-7,10-14H2,1H3. The summed E-state index contributed by atoms with van der Waals surface area (Å²) in [5, 5.41) is 3.47. The van der Waals surface area contributed by atoms with Gasteiger partial charge in [0.05, 0.1) is 5.54 Å². The van der Waals surface area contributed by atoms with Gasteiger partial charge in [-0.2, -0.15) is 0 Å². The molecule has 0 aliphatic carbocycles. The fourth-order valence-electron chi connectivity index (χ4n) is 3.76. The second-order valence-corrected chi connectivity index (χ2v) is 6.70. The highest BCUT2D eigenvalue weighted by Crippen LogP contribution is 2.28. The molecule has 2 aliphatic heterocycles. The van der Waals surface area contributed by atoms with Gasteiger partial charge in [-0.25, -0.2) is 0 Å². The predicted molar refractivity (Wildman–Crippen MR) is 85.1 cm³/mol. The quantitative estimate of drug-likeness (QED) is 0.926. The van der Waals surface area contributed by atoms with Crippen molar-refractivity contribution >= 4 is 5.91 Å². The lowest BCUT2D eigenvalue weighted by atomic mass is 9.89. The minimum atomic E-state index is -0.336. The summed E-state index contributed by atoms with van der Waals surface area (Å²) >= 11 is 0. The van der Waals surface area contributed by atoms with Crippen LogP contribution in [0.1, 0.15) is 44.6 Å². The van der Waals surface area contributed by atoms with Gasteiger partial charge in [-0.1, -0.05) is 30.3 Å². The van der Waals surface area contributed by atoms with Gasteiger partial charge in [0.25, 0.3) is 0 Å². The smallest absolute Gasteiger partial charge is 0.242 e. The molecule has 0 aromatic heterocycles. The average molecular weight is 286 g/mol. The van der Waals surface area contributed by atoms with Crippen LogP contribution in [-0.2, 0) is 11.2 Å². The molecule has 3 rings (SSSR count). The number of piperidine rings is 1. The predicted octanol–water partition coefficient (Wildman–Crippen LogP) is 2.75. The Bertz CT molecular complexity index is 479. The first-order valence-corrected chi connectivity index (χ1v) is 8.29.